The van der Waals surface area contributed by atoms with Crippen molar-refractivity contribution in [3.63, 3.8) is 0 Å². The van der Waals surface area contributed by atoms with E-state index in [0.717, 1.165) is 50.3 Å². The fraction of sp³-hybridized carbons (Fsp3) is 0.895. The third-order valence-corrected chi connectivity index (χ3v) is 8.54. The molecule has 2 aliphatic heterocycles. The highest BCUT2D eigenvalue weighted by Crippen LogP contribution is 2.17. The average Bonchev–Trinajstić information content (AvgIpc) is 2.74. The summed E-state index contributed by atoms with van der Waals surface area (Å²) in [7, 11) is -1.53. The van der Waals surface area contributed by atoms with Crippen LogP contribution in [0.25, 0.3) is 0 Å². The number of thioether (sulfide) groups is 1. The molecule has 29 heavy (non-hydrogen) atoms. The Morgan fingerprint density at radius 2 is 1.76 bits per heavy atom. The van der Waals surface area contributed by atoms with Gasteiger partial charge in [0.05, 0.1) is 5.75 Å². The molecule has 0 bridgehead atoms. The van der Waals surface area contributed by atoms with E-state index in [0.29, 0.717) is 25.6 Å². The Kier molecular flexibility index (Phi) is 10.0. The topological polar surface area (TPSA) is 94.1 Å². The molecule has 0 unspecified atom stereocenters. The highest BCUT2D eigenvalue weighted by atomic mass is 32.2. The largest absolute Gasteiger partial charge is 0.355 e. The van der Waals surface area contributed by atoms with E-state index in [2.05, 4.69) is 29.5 Å². The van der Waals surface area contributed by atoms with Crippen molar-refractivity contribution >= 4 is 33.7 Å². The lowest BCUT2D eigenvalue weighted by molar-refractivity contribution is -0.136. The Balaban J connectivity index is 1.73. The van der Waals surface area contributed by atoms with E-state index < -0.39 is 10.0 Å². The molecule has 2 heterocycles. The van der Waals surface area contributed by atoms with Crippen molar-refractivity contribution in [1.29, 1.82) is 0 Å². The summed E-state index contributed by atoms with van der Waals surface area (Å²) in [6, 6.07) is 0.239. The molecule has 2 fully saturated rings. The van der Waals surface area contributed by atoms with Crippen molar-refractivity contribution in [1.82, 2.24) is 19.8 Å². The number of likely N-dealkylation sites (tertiary alicyclic amines) is 1. The van der Waals surface area contributed by atoms with E-state index in [9.17, 15) is 13.2 Å². The van der Waals surface area contributed by atoms with Crippen LogP contribution < -0.4 is 10.6 Å². The second kappa shape index (κ2) is 12.0. The molecule has 168 valence electrons. The standard InChI is InChI=1S/C19H37N5O3S2/c1-4-16(5-2)18(25)23-9-6-17(7-10-23)22-19(20-3)21-8-15-29(26,27)24-11-13-28-14-12-24/h16-17H,4-15H2,1-3H3,(H2,20,21,22). The summed E-state index contributed by atoms with van der Waals surface area (Å²) in [5.74, 6) is 2.84. The van der Waals surface area contributed by atoms with Crippen LogP contribution in [0, 0.1) is 5.92 Å². The number of nitrogens with one attached hydrogen (secondary N) is 2. The smallest absolute Gasteiger partial charge is 0.225 e. The van der Waals surface area contributed by atoms with Crippen LogP contribution in [-0.2, 0) is 14.8 Å². The van der Waals surface area contributed by atoms with Gasteiger partial charge >= 0.3 is 0 Å². The molecule has 0 aromatic carbocycles. The Morgan fingerprint density at radius 3 is 2.31 bits per heavy atom. The van der Waals surface area contributed by atoms with E-state index in [4.69, 9.17) is 0 Å². The van der Waals surface area contributed by atoms with E-state index in [1.807, 2.05) is 4.90 Å². The molecule has 0 aliphatic carbocycles. The molecule has 0 atom stereocenters. The molecule has 10 heteroatoms. The number of sulfonamides is 1. The molecule has 0 spiro atoms. The van der Waals surface area contributed by atoms with E-state index in [1.54, 1.807) is 23.1 Å². The van der Waals surface area contributed by atoms with Gasteiger partial charge < -0.3 is 15.5 Å². The van der Waals surface area contributed by atoms with Crippen LogP contribution in [0.3, 0.4) is 0 Å². The minimum Gasteiger partial charge on any atom is -0.355 e. The Bertz CT molecular complexity index is 638. The van der Waals surface area contributed by atoms with Crippen molar-refractivity contribution in [2.45, 2.75) is 45.6 Å². The van der Waals surface area contributed by atoms with Crippen LogP contribution in [0.2, 0.25) is 0 Å². The molecule has 2 rings (SSSR count). The number of hydrogen-bond donors (Lipinski definition) is 2. The monoisotopic (exact) mass is 447 g/mol. The zero-order valence-electron chi connectivity index (χ0n) is 18.0. The van der Waals surface area contributed by atoms with Gasteiger partial charge in [-0.3, -0.25) is 9.79 Å². The van der Waals surface area contributed by atoms with Gasteiger partial charge in [0.15, 0.2) is 5.96 Å². The molecule has 0 saturated carbocycles. The summed E-state index contributed by atoms with van der Waals surface area (Å²) in [5.41, 5.74) is 0. The molecule has 0 radical (unpaired) electrons. The molecule has 1 amide bonds. The highest BCUT2D eigenvalue weighted by Gasteiger charge is 2.27. The Labute approximate surface area is 180 Å². The predicted molar refractivity (Wildman–Crippen MR) is 121 cm³/mol. The van der Waals surface area contributed by atoms with Gasteiger partial charge in [0, 0.05) is 63.2 Å². The summed E-state index contributed by atoms with van der Waals surface area (Å²) >= 11 is 1.80. The lowest BCUT2D eigenvalue weighted by Gasteiger charge is -2.35. The number of nitrogens with zero attached hydrogens (tertiary/aromatic N) is 3. The van der Waals surface area contributed by atoms with E-state index in [1.165, 1.54) is 0 Å². The minimum absolute atomic E-state index is 0.0702. The van der Waals surface area contributed by atoms with Crippen LogP contribution in [0.4, 0.5) is 0 Å². The van der Waals surface area contributed by atoms with Gasteiger partial charge in [-0.1, -0.05) is 13.8 Å². The maximum absolute atomic E-state index is 12.5. The number of aliphatic imine (C=N–C) groups is 1. The predicted octanol–water partition coefficient (Wildman–Crippen LogP) is 0.957. The summed E-state index contributed by atoms with van der Waals surface area (Å²) in [5, 5.41) is 6.51. The van der Waals surface area contributed by atoms with Gasteiger partial charge in [-0.25, -0.2) is 12.7 Å². The first-order valence-electron chi connectivity index (χ1n) is 10.7. The number of carbonyl (C=O) groups excluding carboxylic acids is 1. The first-order chi connectivity index (χ1) is 13.9. The van der Waals surface area contributed by atoms with Gasteiger partial charge in [-0.2, -0.15) is 11.8 Å². The lowest BCUT2D eigenvalue weighted by atomic mass is 9.98. The van der Waals surface area contributed by atoms with E-state index in [-0.39, 0.29) is 23.6 Å². The normalized spacial score (nSPS) is 20.1. The molecule has 2 saturated heterocycles. The van der Waals surface area contributed by atoms with Crippen molar-refractivity contribution in [2.75, 3.05) is 57.0 Å². The van der Waals surface area contributed by atoms with Crippen LogP contribution in [0.15, 0.2) is 4.99 Å². The fourth-order valence-corrected chi connectivity index (χ4v) is 6.27. The van der Waals surface area contributed by atoms with Crippen LogP contribution in [0.5, 0.6) is 0 Å². The van der Waals surface area contributed by atoms with Crippen LogP contribution >= 0.6 is 11.8 Å². The van der Waals surface area contributed by atoms with Crippen molar-refractivity contribution in [3.8, 4) is 0 Å². The van der Waals surface area contributed by atoms with Gasteiger partial charge in [0.1, 0.15) is 0 Å². The number of carbonyl (C=O) groups is 1. The van der Waals surface area contributed by atoms with Crippen molar-refractivity contribution in [2.24, 2.45) is 10.9 Å². The highest BCUT2D eigenvalue weighted by molar-refractivity contribution is 7.99. The summed E-state index contributed by atoms with van der Waals surface area (Å²) in [6.45, 7) is 7.19. The zero-order chi connectivity index (χ0) is 21.3. The van der Waals surface area contributed by atoms with E-state index >= 15 is 0 Å². The number of piperidine rings is 1. The molecule has 2 N–H and O–H groups in total. The maximum Gasteiger partial charge on any atom is 0.225 e. The average molecular weight is 448 g/mol. The second-order valence-corrected chi connectivity index (χ2v) is 10.9. The number of guanidine groups is 1. The first kappa shape index (κ1) is 24.3. The maximum atomic E-state index is 12.5. The van der Waals surface area contributed by atoms with Gasteiger partial charge in [-0.05, 0) is 25.7 Å². The molecule has 2 aliphatic rings. The van der Waals surface area contributed by atoms with Crippen molar-refractivity contribution < 1.29 is 13.2 Å². The number of rotatable bonds is 8. The van der Waals surface area contributed by atoms with Crippen LogP contribution in [0.1, 0.15) is 39.5 Å². The molecule has 0 aromatic heterocycles. The third kappa shape index (κ3) is 7.32. The third-order valence-electron chi connectivity index (χ3n) is 5.72. The number of amides is 1. The Morgan fingerprint density at radius 1 is 1.14 bits per heavy atom. The lowest BCUT2D eigenvalue weighted by Crippen LogP contribution is -2.51. The summed E-state index contributed by atoms with van der Waals surface area (Å²) < 4.78 is 26.4. The second-order valence-electron chi connectivity index (χ2n) is 7.58. The molecule has 0 aromatic rings. The van der Waals surface area contributed by atoms with Gasteiger partial charge in [0.25, 0.3) is 0 Å². The quantitative estimate of drug-likeness (QED) is 0.425. The number of hydrogen-bond acceptors (Lipinski definition) is 5. The first-order valence-corrected chi connectivity index (χ1v) is 13.5. The minimum atomic E-state index is -3.22. The Hall–Kier alpha value is -1.00. The van der Waals surface area contributed by atoms with Crippen molar-refractivity contribution in [3.05, 3.63) is 0 Å². The molecule has 8 nitrogen and oxygen atoms in total. The fourth-order valence-electron chi connectivity index (χ4n) is 3.78. The van der Waals surface area contributed by atoms with Crippen LogP contribution in [-0.4, -0.2) is 92.6 Å². The summed E-state index contributed by atoms with van der Waals surface area (Å²) in [6.07, 6.45) is 3.53. The molecular formula is C19H37N5O3S2. The van der Waals surface area contributed by atoms with Gasteiger partial charge in [-0.15, -0.1) is 0 Å². The van der Waals surface area contributed by atoms with Gasteiger partial charge in [0.2, 0.25) is 15.9 Å². The zero-order valence-corrected chi connectivity index (χ0v) is 19.7. The SMILES string of the molecule is CCC(CC)C(=O)N1CCC(NC(=NC)NCCS(=O)(=O)N2CCSCC2)CC1. The molecular weight excluding hydrogens is 410 g/mol. The summed E-state index contributed by atoms with van der Waals surface area (Å²) in [4.78, 5) is 18.7.